The number of aryl methyl sites for hydroxylation is 1. The van der Waals surface area contributed by atoms with E-state index in [-0.39, 0.29) is 23.5 Å². The number of rotatable bonds is 2. The number of amides is 1. The Morgan fingerprint density at radius 2 is 2.28 bits per heavy atom. The number of nitrogens with one attached hydrogen (secondary N) is 2. The van der Waals surface area contributed by atoms with Crippen LogP contribution in [0.2, 0.25) is 0 Å². The lowest BCUT2D eigenvalue weighted by atomic mass is 9.94. The van der Waals surface area contributed by atoms with Crippen LogP contribution in [0.1, 0.15) is 25.5 Å². The smallest absolute Gasteiger partial charge is 0.271 e. The summed E-state index contributed by atoms with van der Waals surface area (Å²) in [6, 6.07) is 3.39. The summed E-state index contributed by atoms with van der Waals surface area (Å²) >= 11 is 0. The van der Waals surface area contributed by atoms with Gasteiger partial charge in [0.2, 0.25) is 5.91 Å². The zero-order chi connectivity index (χ0) is 13.1. The highest BCUT2D eigenvalue weighted by Crippen LogP contribution is 2.21. The van der Waals surface area contributed by atoms with Crippen molar-refractivity contribution in [3.8, 4) is 0 Å². The second-order valence-electron chi connectivity index (χ2n) is 4.70. The molecule has 1 amide bonds. The molecule has 0 radical (unpaired) electrons. The highest BCUT2D eigenvalue weighted by Gasteiger charge is 2.28. The van der Waals surface area contributed by atoms with Gasteiger partial charge in [-0.15, -0.1) is 0 Å². The van der Waals surface area contributed by atoms with E-state index in [1.807, 2.05) is 6.92 Å². The van der Waals surface area contributed by atoms with Crippen LogP contribution < -0.4 is 10.9 Å². The van der Waals surface area contributed by atoms with Crippen molar-refractivity contribution < 1.29 is 9.53 Å². The van der Waals surface area contributed by atoms with Crippen LogP contribution >= 0.6 is 0 Å². The molecule has 0 bridgehead atoms. The lowest BCUT2D eigenvalue weighted by molar-refractivity contribution is -0.127. The molecule has 5 nitrogen and oxygen atoms in total. The van der Waals surface area contributed by atoms with E-state index in [1.54, 1.807) is 19.1 Å². The molecular weight excluding hydrogens is 232 g/mol. The predicted molar refractivity (Wildman–Crippen MR) is 68.6 cm³/mol. The largest absolute Gasteiger partial charge is 0.378 e. The van der Waals surface area contributed by atoms with Crippen molar-refractivity contribution in [2.24, 2.45) is 5.92 Å². The van der Waals surface area contributed by atoms with Crippen molar-refractivity contribution in [3.63, 3.8) is 0 Å². The summed E-state index contributed by atoms with van der Waals surface area (Å²) in [6.45, 7) is 4.39. The molecule has 1 aliphatic rings. The molecule has 1 aromatic heterocycles. The average molecular weight is 250 g/mol. The van der Waals surface area contributed by atoms with Gasteiger partial charge in [0.15, 0.2) is 0 Å². The third-order valence-corrected chi connectivity index (χ3v) is 3.26. The molecular formula is C13H18N2O3. The molecule has 98 valence electrons. The molecule has 1 fully saturated rings. The minimum absolute atomic E-state index is 0.0942. The van der Waals surface area contributed by atoms with Gasteiger partial charge in [-0.3, -0.25) is 9.59 Å². The van der Waals surface area contributed by atoms with Gasteiger partial charge in [0.05, 0.1) is 12.0 Å². The molecule has 2 N–H and O–H groups in total. The molecule has 1 aromatic rings. The number of hydrogen-bond acceptors (Lipinski definition) is 3. The van der Waals surface area contributed by atoms with Crippen LogP contribution in [-0.2, 0) is 9.53 Å². The van der Waals surface area contributed by atoms with E-state index < -0.39 is 0 Å². The Hall–Kier alpha value is -1.62. The zero-order valence-electron chi connectivity index (χ0n) is 10.7. The fourth-order valence-electron chi connectivity index (χ4n) is 2.16. The fraction of sp³-hybridized carbons (Fsp3) is 0.538. The molecule has 18 heavy (non-hydrogen) atoms. The maximum atomic E-state index is 12.1. The van der Waals surface area contributed by atoms with Crippen molar-refractivity contribution in [2.45, 2.75) is 32.8 Å². The van der Waals surface area contributed by atoms with E-state index in [1.165, 1.54) is 0 Å². The Morgan fingerprint density at radius 3 is 2.94 bits per heavy atom. The molecule has 1 saturated heterocycles. The number of carbonyl (C=O) groups is 1. The first-order chi connectivity index (χ1) is 8.58. The van der Waals surface area contributed by atoms with E-state index in [0.29, 0.717) is 12.3 Å². The van der Waals surface area contributed by atoms with Crippen LogP contribution in [0.4, 0.5) is 5.69 Å². The number of hydrogen-bond donors (Lipinski definition) is 2. The fourth-order valence-corrected chi connectivity index (χ4v) is 2.16. The summed E-state index contributed by atoms with van der Waals surface area (Å²) in [5.41, 5.74) is 0.795. The van der Waals surface area contributed by atoms with Gasteiger partial charge in [-0.1, -0.05) is 0 Å². The highest BCUT2D eigenvalue weighted by atomic mass is 16.5. The SMILES string of the molecule is Cc1ccc(NC(=O)[C@H]2CCCO[C@H]2C)c(=O)[nH]1. The van der Waals surface area contributed by atoms with Crippen LogP contribution in [0.3, 0.4) is 0 Å². The average Bonchev–Trinajstić information content (AvgIpc) is 2.33. The lowest BCUT2D eigenvalue weighted by Crippen LogP contribution is -2.37. The van der Waals surface area contributed by atoms with Crippen molar-refractivity contribution in [1.29, 1.82) is 0 Å². The molecule has 2 atom stereocenters. The van der Waals surface area contributed by atoms with Crippen LogP contribution in [0, 0.1) is 12.8 Å². The van der Waals surface area contributed by atoms with Gasteiger partial charge < -0.3 is 15.0 Å². The summed E-state index contributed by atoms with van der Waals surface area (Å²) in [5, 5.41) is 2.67. The van der Waals surface area contributed by atoms with E-state index in [0.717, 1.165) is 18.5 Å². The standard InChI is InChI=1S/C13H18N2O3/c1-8-5-6-11(13(17)14-8)15-12(16)10-4-3-7-18-9(10)2/h5-6,9-10H,3-4,7H2,1-2H3,(H,14,17)(H,15,16)/t9-,10-/m0/s1. The van der Waals surface area contributed by atoms with E-state index in [2.05, 4.69) is 10.3 Å². The number of anilines is 1. The predicted octanol–water partition coefficient (Wildman–Crippen LogP) is 1.44. The Morgan fingerprint density at radius 1 is 1.50 bits per heavy atom. The first kappa shape index (κ1) is 12.8. The van der Waals surface area contributed by atoms with Crippen LogP contribution in [0.25, 0.3) is 0 Å². The number of pyridine rings is 1. The highest BCUT2D eigenvalue weighted by molar-refractivity contribution is 5.92. The summed E-state index contributed by atoms with van der Waals surface area (Å²) in [4.78, 5) is 26.4. The van der Waals surface area contributed by atoms with Crippen molar-refractivity contribution in [2.75, 3.05) is 11.9 Å². The summed E-state index contributed by atoms with van der Waals surface area (Å²) in [7, 11) is 0. The summed E-state index contributed by atoms with van der Waals surface area (Å²) < 4.78 is 5.45. The Balaban J connectivity index is 2.08. The number of ether oxygens (including phenoxy) is 1. The topological polar surface area (TPSA) is 71.2 Å². The molecule has 2 heterocycles. The summed E-state index contributed by atoms with van der Waals surface area (Å²) in [5.74, 6) is -0.323. The molecule has 0 spiro atoms. The van der Waals surface area contributed by atoms with Gasteiger partial charge in [-0.25, -0.2) is 0 Å². The van der Waals surface area contributed by atoms with Crippen LogP contribution in [-0.4, -0.2) is 23.6 Å². The lowest BCUT2D eigenvalue weighted by Gasteiger charge is -2.27. The molecule has 0 aliphatic carbocycles. The quantitative estimate of drug-likeness (QED) is 0.834. The minimum Gasteiger partial charge on any atom is -0.378 e. The minimum atomic E-state index is -0.271. The molecule has 2 rings (SSSR count). The third-order valence-electron chi connectivity index (χ3n) is 3.26. The number of carbonyl (C=O) groups excluding carboxylic acids is 1. The van der Waals surface area contributed by atoms with Gasteiger partial charge in [0.1, 0.15) is 5.69 Å². The van der Waals surface area contributed by atoms with Crippen molar-refractivity contribution in [1.82, 2.24) is 4.98 Å². The number of aromatic nitrogens is 1. The van der Waals surface area contributed by atoms with Gasteiger partial charge >= 0.3 is 0 Å². The molecule has 0 unspecified atom stereocenters. The van der Waals surface area contributed by atoms with E-state index in [9.17, 15) is 9.59 Å². The van der Waals surface area contributed by atoms with Gasteiger partial charge in [-0.05, 0) is 38.8 Å². The van der Waals surface area contributed by atoms with E-state index in [4.69, 9.17) is 4.74 Å². The number of H-pyrrole nitrogens is 1. The molecule has 0 saturated carbocycles. The first-order valence-electron chi connectivity index (χ1n) is 6.20. The third kappa shape index (κ3) is 2.79. The van der Waals surface area contributed by atoms with Gasteiger partial charge in [-0.2, -0.15) is 0 Å². The normalized spacial score (nSPS) is 23.7. The van der Waals surface area contributed by atoms with Crippen molar-refractivity contribution >= 4 is 11.6 Å². The van der Waals surface area contributed by atoms with Crippen LogP contribution in [0.5, 0.6) is 0 Å². The van der Waals surface area contributed by atoms with Crippen molar-refractivity contribution in [3.05, 3.63) is 28.2 Å². The molecule has 1 aliphatic heterocycles. The number of aromatic amines is 1. The first-order valence-corrected chi connectivity index (χ1v) is 6.20. The second kappa shape index (κ2) is 5.35. The summed E-state index contributed by atoms with van der Waals surface area (Å²) in [6.07, 6.45) is 1.59. The second-order valence-corrected chi connectivity index (χ2v) is 4.70. The zero-order valence-corrected chi connectivity index (χ0v) is 10.7. The maximum absolute atomic E-state index is 12.1. The van der Waals surface area contributed by atoms with Gasteiger partial charge in [0, 0.05) is 12.3 Å². The Bertz CT molecular complexity index is 495. The monoisotopic (exact) mass is 250 g/mol. The molecule has 0 aromatic carbocycles. The van der Waals surface area contributed by atoms with Crippen LogP contribution in [0.15, 0.2) is 16.9 Å². The van der Waals surface area contributed by atoms with Gasteiger partial charge in [0.25, 0.3) is 5.56 Å². The molecule has 5 heteroatoms. The Kier molecular flexibility index (Phi) is 3.81. The Labute approximate surface area is 106 Å². The maximum Gasteiger partial charge on any atom is 0.271 e. The van der Waals surface area contributed by atoms with E-state index >= 15 is 0 Å².